The molecule has 0 spiro atoms. The van der Waals surface area contributed by atoms with Crippen molar-refractivity contribution < 1.29 is 23.7 Å². The van der Waals surface area contributed by atoms with E-state index >= 15 is 0 Å². The molecule has 0 unspecified atom stereocenters. The molecule has 0 bridgehead atoms. The molecule has 140 valence electrons. The number of benzene rings is 2. The highest BCUT2D eigenvalue weighted by atomic mass is 32.1. The number of ether oxygens (including phenoxy) is 4. The Bertz CT molecular complexity index is 920. The largest absolute Gasteiger partial charge is 0.493 e. The topological polar surface area (TPSA) is 66.9 Å². The zero-order valence-corrected chi connectivity index (χ0v) is 16.0. The molecule has 6 nitrogen and oxygen atoms in total. The maximum Gasteiger partial charge on any atom is 0.337 e. The van der Waals surface area contributed by atoms with Gasteiger partial charge in [0.15, 0.2) is 11.5 Å². The normalized spacial score (nSPS) is 10.3. The van der Waals surface area contributed by atoms with E-state index in [1.54, 1.807) is 38.5 Å². The van der Waals surface area contributed by atoms with Crippen molar-refractivity contribution in [2.45, 2.75) is 6.61 Å². The monoisotopic (exact) mass is 385 g/mol. The summed E-state index contributed by atoms with van der Waals surface area (Å²) in [5, 5.41) is 2.77. The summed E-state index contributed by atoms with van der Waals surface area (Å²) in [6.45, 7) is 0.320. The van der Waals surface area contributed by atoms with Crippen LogP contribution in [-0.2, 0) is 11.3 Å². The quantitative estimate of drug-likeness (QED) is 0.568. The zero-order valence-electron chi connectivity index (χ0n) is 15.2. The van der Waals surface area contributed by atoms with Crippen molar-refractivity contribution in [3.05, 3.63) is 59.1 Å². The van der Waals surface area contributed by atoms with Crippen molar-refractivity contribution in [1.29, 1.82) is 0 Å². The van der Waals surface area contributed by atoms with E-state index in [4.69, 9.17) is 14.2 Å². The lowest BCUT2D eigenvalue weighted by atomic mass is 10.2. The molecule has 0 aliphatic heterocycles. The van der Waals surface area contributed by atoms with Gasteiger partial charge in [-0.15, -0.1) is 11.3 Å². The number of carbonyl (C=O) groups excluding carboxylic acids is 1. The van der Waals surface area contributed by atoms with Crippen LogP contribution in [0.2, 0.25) is 0 Å². The molecule has 3 rings (SSSR count). The third-order valence-electron chi connectivity index (χ3n) is 3.85. The average molecular weight is 385 g/mol. The van der Waals surface area contributed by atoms with E-state index in [0.717, 1.165) is 16.3 Å². The van der Waals surface area contributed by atoms with E-state index in [2.05, 4.69) is 9.72 Å². The molecule has 0 N–H and O–H groups in total. The summed E-state index contributed by atoms with van der Waals surface area (Å²) in [4.78, 5) is 16.1. The number of hydrogen-bond donors (Lipinski definition) is 0. The molecule has 0 saturated carbocycles. The van der Waals surface area contributed by atoms with Crippen LogP contribution < -0.4 is 14.2 Å². The highest BCUT2D eigenvalue weighted by molar-refractivity contribution is 7.13. The summed E-state index contributed by atoms with van der Waals surface area (Å²) in [7, 11) is 4.56. The predicted octanol–water partition coefficient (Wildman–Crippen LogP) is 4.19. The Hall–Kier alpha value is -3.06. The number of thiazole rings is 1. The predicted molar refractivity (Wildman–Crippen MR) is 103 cm³/mol. The number of carbonyl (C=O) groups is 1. The van der Waals surface area contributed by atoms with Crippen molar-refractivity contribution in [3.63, 3.8) is 0 Å². The Morgan fingerprint density at radius 1 is 1.04 bits per heavy atom. The summed E-state index contributed by atoms with van der Waals surface area (Å²) in [5.74, 6) is 1.59. The molecule has 0 aliphatic rings. The Balaban J connectivity index is 1.71. The van der Waals surface area contributed by atoms with Crippen LogP contribution in [-0.4, -0.2) is 32.3 Å². The van der Waals surface area contributed by atoms with Gasteiger partial charge in [0, 0.05) is 5.38 Å². The van der Waals surface area contributed by atoms with Crippen LogP contribution in [0.25, 0.3) is 10.6 Å². The van der Waals surface area contributed by atoms with Crippen LogP contribution in [0.3, 0.4) is 0 Å². The summed E-state index contributed by atoms with van der Waals surface area (Å²) >= 11 is 1.51. The lowest BCUT2D eigenvalue weighted by molar-refractivity contribution is 0.0600. The van der Waals surface area contributed by atoms with Gasteiger partial charge in [-0.05, 0) is 36.4 Å². The van der Waals surface area contributed by atoms with Gasteiger partial charge < -0.3 is 18.9 Å². The average Bonchev–Trinajstić information content (AvgIpc) is 3.20. The lowest BCUT2D eigenvalue weighted by Crippen LogP contribution is -2.01. The summed E-state index contributed by atoms with van der Waals surface area (Å²) in [5.41, 5.74) is 2.15. The highest BCUT2D eigenvalue weighted by Gasteiger charge is 2.14. The number of hydrogen-bond acceptors (Lipinski definition) is 7. The van der Waals surface area contributed by atoms with Crippen LogP contribution in [0.4, 0.5) is 0 Å². The molecule has 0 saturated heterocycles. The van der Waals surface area contributed by atoms with Gasteiger partial charge in [0.1, 0.15) is 17.4 Å². The number of rotatable bonds is 7. The summed E-state index contributed by atoms with van der Waals surface area (Å²) < 4.78 is 21.2. The van der Waals surface area contributed by atoms with Crippen LogP contribution >= 0.6 is 11.3 Å². The summed E-state index contributed by atoms with van der Waals surface area (Å²) in [6.07, 6.45) is 0. The van der Waals surface area contributed by atoms with E-state index in [1.165, 1.54) is 18.4 Å². The van der Waals surface area contributed by atoms with Crippen LogP contribution in [0.1, 0.15) is 16.1 Å². The van der Waals surface area contributed by atoms with Crippen molar-refractivity contribution in [2.75, 3.05) is 21.3 Å². The smallest absolute Gasteiger partial charge is 0.337 e. The van der Waals surface area contributed by atoms with Crippen molar-refractivity contribution in [3.8, 4) is 27.8 Å². The molecule has 1 aromatic heterocycles. The third-order valence-corrected chi connectivity index (χ3v) is 4.77. The lowest BCUT2D eigenvalue weighted by Gasteiger charge is -2.10. The molecule has 7 heteroatoms. The number of esters is 1. The van der Waals surface area contributed by atoms with Crippen LogP contribution in [0.15, 0.2) is 47.8 Å². The van der Waals surface area contributed by atoms with Gasteiger partial charge >= 0.3 is 5.97 Å². The second-order valence-electron chi connectivity index (χ2n) is 5.49. The third kappa shape index (κ3) is 4.20. The van der Waals surface area contributed by atoms with Gasteiger partial charge in [0.25, 0.3) is 0 Å². The van der Waals surface area contributed by atoms with E-state index in [0.29, 0.717) is 29.4 Å². The van der Waals surface area contributed by atoms with Gasteiger partial charge in [-0.2, -0.15) is 0 Å². The molecule has 3 aromatic rings. The van der Waals surface area contributed by atoms with E-state index in [1.807, 2.05) is 23.6 Å². The second kappa shape index (κ2) is 8.55. The molecule has 0 radical (unpaired) electrons. The number of aromatic nitrogens is 1. The van der Waals surface area contributed by atoms with Crippen LogP contribution in [0, 0.1) is 0 Å². The fourth-order valence-electron chi connectivity index (χ4n) is 2.51. The van der Waals surface area contributed by atoms with Crippen molar-refractivity contribution in [1.82, 2.24) is 4.98 Å². The van der Waals surface area contributed by atoms with Crippen molar-refractivity contribution >= 4 is 17.3 Å². The minimum atomic E-state index is -0.377. The Morgan fingerprint density at radius 2 is 1.81 bits per heavy atom. The number of para-hydroxylation sites is 1. The van der Waals surface area contributed by atoms with Crippen molar-refractivity contribution in [2.24, 2.45) is 0 Å². The number of nitrogens with zero attached hydrogens (tertiary/aromatic N) is 1. The standard InChI is InChI=1S/C20H19NO5S/c1-23-17-6-4-5-16(18(17)24-2)19-21-14(12-27-19)11-26-15-9-7-13(8-10-15)20(22)25-3/h4-10,12H,11H2,1-3H3. The van der Waals surface area contributed by atoms with Crippen LogP contribution in [0.5, 0.6) is 17.2 Å². The maximum absolute atomic E-state index is 11.4. The number of methoxy groups -OCH3 is 3. The fourth-order valence-corrected chi connectivity index (χ4v) is 3.34. The Morgan fingerprint density at radius 3 is 2.48 bits per heavy atom. The molecular formula is C20H19NO5S. The van der Waals surface area contributed by atoms with Gasteiger partial charge in [-0.1, -0.05) is 6.07 Å². The first kappa shape index (κ1) is 18.7. The zero-order chi connectivity index (χ0) is 19.2. The van der Waals surface area contributed by atoms with E-state index in [-0.39, 0.29) is 5.97 Å². The molecule has 1 heterocycles. The SMILES string of the molecule is COC(=O)c1ccc(OCc2csc(-c3cccc(OC)c3OC)n2)cc1. The minimum Gasteiger partial charge on any atom is -0.493 e. The molecule has 27 heavy (non-hydrogen) atoms. The molecule has 2 aromatic carbocycles. The van der Waals surface area contributed by atoms with Gasteiger partial charge in [0.2, 0.25) is 0 Å². The maximum atomic E-state index is 11.4. The van der Waals surface area contributed by atoms with E-state index in [9.17, 15) is 4.79 Å². The van der Waals surface area contributed by atoms with E-state index < -0.39 is 0 Å². The van der Waals surface area contributed by atoms with Gasteiger partial charge in [0.05, 0.1) is 38.2 Å². The minimum absolute atomic E-state index is 0.320. The molecule has 0 aliphatic carbocycles. The molecule has 0 fully saturated rings. The first-order chi connectivity index (χ1) is 13.2. The second-order valence-corrected chi connectivity index (χ2v) is 6.35. The highest BCUT2D eigenvalue weighted by Crippen LogP contribution is 2.39. The fraction of sp³-hybridized carbons (Fsp3) is 0.200. The molecule has 0 atom stereocenters. The first-order valence-corrected chi connectivity index (χ1v) is 9.01. The Labute approximate surface area is 161 Å². The molecule has 0 amide bonds. The van der Waals surface area contributed by atoms with Gasteiger partial charge in [-0.3, -0.25) is 0 Å². The van der Waals surface area contributed by atoms with Gasteiger partial charge in [-0.25, -0.2) is 9.78 Å². The first-order valence-electron chi connectivity index (χ1n) is 8.13. The molecular weight excluding hydrogens is 366 g/mol. The Kier molecular flexibility index (Phi) is 5.93. The summed E-state index contributed by atoms with van der Waals surface area (Å²) in [6, 6.07) is 12.5.